The van der Waals surface area contributed by atoms with E-state index in [1.807, 2.05) is 27.7 Å². The smallest absolute Gasteiger partial charge is 0.326 e. The highest BCUT2D eigenvalue weighted by molar-refractivity contribution is 5.84. The molecule has 0 bridgehead atoms. The summed E-state index contributed by atoms with van der Waals surface area (Å²) in [6.45, 7) is 7.90. The van der Waals surface area contributed by atoms with Gasteiger partial charge in [0.15, 0.2) is 0 Å². The summed E-state index contributed by atoms with van der Waals surface area (Å²) in [5, 5.41) is 15.7. The number of carboxylic acid groups (broad SMARTS) is 1. The number of ether oxygens (including phenoxy) is 1. The molecule has 146 valence electrons. The van der Waals surface area contributed by atoms with Crippen molar-refractivity contribution in [3.63, 3.8) is 0 Å². The van der Waals surface area contributed by atoms with E-state index in [2.05, 4.69) is 10.5 Å². The topological polar surface area (TPSA) is 102 Å². The second-order valence-electron chi connectivity index (χ2n) is 7.00. The van der Waals surface area contributed by atoms with Crippen LogP contribution in [0.25, 0.3) is 0 Å². The average molecular weight is 374 g/mol. The number of nitrogens with one attached hydrogen (secondary N) is 1. The van der Waals surface area contributed by atoms with Crippen LogP contribution < -0.4 is 10.1 Å². The Morgan fingerprint density at radius 3 is 2.41 bits per heavy atom. The number of aliphatic carboxylic acids is 1. The summed E-state index contributed by atoms with van der Waals surface area (Å²) in [5.74, 6) is 0.255. The first-order chi connectivity index (χ1) is 12.8. The predicted molar refractivity (Wildman–Crippen MR) is 99.5 cm³/mol. The molecule has 0 aliphatic heterocycles. The van der Waals surface area contributed by atoms with E-state index in [4.69, 9.17) is 9.26 Å². The van der Waals surface area contributed by atoms with Crippen LogP contribution in [-0.4, -0.2) is 28.2 Å². The lowest BCUT2D eigenvalue weighted by atomic mass is 10.0. The number of carbonyl (C=O) groups excluding carboxylic acids is 1. The first-order valence-corrected chi connectivity index (χ1v) is 8.92. The fourth-order valence-electron chi connectivity index (χ4n) is 2.69. The zero-order chi connectivity index (χ0) is 20.0. The Morgan fingerprint density at radius 2 is 1.89 bits per heavy atom. The summed E-state index contributed by atoms with van der Waals surface area (Å²) in [7, 11) is 0. The van der Waals surface area contributed by atoms with Crippen LogP contribution in [0.5, 0.6) is 5.75 Å². The molecule has 1 amide bonds. The maximum atomic E-state index is 12.1. The normalized spacial score (nSPS) is 12.0. The van der Waals surface area contributed by atoms with Crippen molar-refractivity contribution in [1.29, 1.82) is 0 Å². The van der Waals surface area contributed by atoms with Gasteiger partial charge >= 0.3 is 5.97 Å². The third kappa shape index (κ3) is 6.13. The van der Waals surface area contributed by atoms with E-state index in [0.717, 1.165) is 22.6 Å². The zero-order valence-electron chi connectivity index (χ0n) is 16.1. The number of nitrogens with zero attached hydrogens (tertiary/aromatic N) is 1. The highest BCUT2D eigenvalue weighted by Crippen LogP contribution is 2.18. The van der Waals surface area contributed by atoms with Crippen LogP contribution in [0.2, 0.25) is 0 Å². The fraction of sp³-hybridized carbons (Fsp3) is 0.450. The standard InChI is InChI=1S/C20H26N2O5/c1-12(2)9-18(20(24)25)21-19(23)10-15-5-7-16(8-6-15)26-11-17-13(3)22-27-14(17)4/h5-8,12,18H,9-11H2,1-4H3,(H,21,23)(H,24,25)/t18-/m0/s1. The maximum Gasteiger partial charge on any atom is 0.326 e. The van der Waals surface area contributed by atoms with Crippen molar-refractivity contribution in [3.8, 4) is 5.75 Å². The molecule has 1 aromatic heterocycles. The van der Waals surface area contributed by atoms with Gasteiger partial charge in [-0.3, -0.25) is 4.79 Å². The van der Waals surface area contributed by atoms with Crippen LogP contribution in [0.15, 0.2) is 28.8 Å². The molecular formula is C20H26N2O5. The van der Waals surface area contributed by atoms with Gasteiger partial charge in [-0.05, 0) is 43.9 Å². The highest BCUT2D eigenvalue weighted by Gasteiger charge is 2.21. The molecule has 1 heterocycles. The molecule has 1 aromatic carbocycles. The van der Waals surface area contributed by atoms with Crippen molar-refractivity contribution in [1.82, 2.24) is 10.5 Å². The maximum absolute atomic E-state index is 12.1. The number of carboxylic acids is 1. The minimum absolute atomic E-state index is 0.117. The molecule has 0 saturated heterocycles. The Balaban J connectivity index is 1.89. The van der Waals surface area contributed by atoms with Crippen molar-refractivity contribution >= 4 is 11.9 Å². The number of benzene rings is 1. The van der Waals surface area contributed by atoms with E-state index in [1.54, 1.807) is 24.3 Å². The molecule has 0 aliphatic carbocycles. The molecular weight excluding hydrogens is 348 g/mol. The van der Waals surface area contributed by atoms with Gasteiger partial charge in [0, 0.05) is 0 Å². The van der Waals surface area contributed by atoms with Crippen molar-refractivity contribution in [2.75, 3.05) is 0 Å². The van der Waals surface area contributed by atoms with Gasteiger partial charge in [0.25, 0.3) is 0 Å². The summed E-state index contributed by atoms with van der Waals surface area (Å²) in [6, 6.07) is 6.28. The molecule has 27 heavy (non-hydrogen) atoms. The number of amides is 1. The quantitative estimate of drug-likeness (QED) is 0.699. The second-order valence-corrected chi connectivity index (χ2v) is 7.00. The average Bonchev–Trinajstić information content (AvgIpc) is 2.91. The molecule has 7 heteroatoms. The number of hydrogen-bond donors (Lipinski definition) is 2. The van der Waals surface area contributed by atoms with E-state index >= 15 is 0 Å². The Labute approximate surface area is 158 Å². The number of hydrogen-bond acceptors (Lipinski definition) is 5. The number of aryl methyl sites for hydroxylation is 2. The van der Waals surface area contributed by atoms with Gasteiger partial charge in [0.05, 0.1) is 17.7 Å². The molecule has 2 rings (SSSR count). The monoisotopic (exact) mass is 374 g/mol. The van der Waals surface area contributed by atoms with Crippen LogP contribution in [0.1, 0.15) is 42.8 Å². The Bertz CT molecular complexity index is 761. The predicted octanol–water partition coefficient (Wildman–Crippen LogP) is 3.03. The summed E-state index contributed by atoms with van der Waals surface area (Å²) >= 11 is 0. The number of aromatic nitrogens is 1. The van der Waals surface area contributed by atoms with Crippen LogP contribution in [0.4, 0.5) is 0 Å². The third-order valence-corrected chi connectivity index (χ3v) is 4.19. The van der Waals surface area contributed by atoms with E-state index in [9.17, 15) is 14.7 Å². The molecule has 7 nitrogen and oxygen atoms in total. The Hall–Kier alpha value is -2.83. The first kappa shape index (κ1) is 20.5. The van der Waals surface area contributed by atoms with Crippen molar-refractivity contribution in [2.24, 2.45) is 5.92 Å². The largest absolute Gasteiger partial charge is 0.489 e. The van der Waals surface area contributed by atoms with Crippen molar-refractivity contribution < 1.29 is 24.0 Å². The fourth-order valence-corrected chi connectivity index (χ4v) is 2.69. The molecule has 0 spiro atoms. The molecule has 0 saturated carbocycles. The van der Waals surface area contributed by atoms with E-state index < -0.39 is 12.0 Å². The van der Waals surface area contributed by atoms with E-state index in [1.165, 1.54) is 0 Å². The molecule has 2 aromatic rings. The molecule has 2 N–H and O–H groups in total. The SMILES string of the molecule is Cc1noc(C)c1COc1ccc(CC(=O)N[C@@H](CC(C)C)C(=O)O)cc1. The third-order valence-electron chi connectivity index (χ3n) is 4.19. The second kappa shape index (κ2) is 9.21. The lowest BCUT2D eigenvalue weighted by Gasteiger charge is -2.16. The van der Waals surface area contributed by atoms with Gasteiger partial charge in [-0.25, -0.2) is 4.79 Å². The molecule has 0 aliphatic rings. The Kier molecular flexibility index (Phi) is 6.98. The highest BCUT2D eigenvalue weighted by atomic mass is 16.5. The van der Waals surface area contributed by atoms with Gasteiger partial charge in [-0.15, -0.1) is 0 Å². The summed E-state index contributed by atoms with van der Waals surface area (Å²) in [5.41, 5.74) is 2.50. The first-order valence-electron chi connectivity index (χ1n) is 8.92. The van der Waals surface area contributed by atoms with Gasteiger partial charge in [-0.2, -0.15) is 0 Å². The van der Waals surface area contributed by atoms with Crippen molar-refractivity contribution in [3.05, 3.63) is 46.8 Å². The van der Waals surface area contributed by atoms with Gasteiger partial charge in [0.1, 0.15) is 24.2 Å². The van der Waals surface area contributed by atoms with E-state index in [0.29, 0.717) is 18.8 Å². The summed E-state index contributed by atoms with van der Waals surface area (Å²) in [4.78, 5) is 23.4. The van der Waals surface area contributed by atoms with Crippen molar-refractivity contribution in [2.45, 2.75) is 53.2 Å². The van der Waals surface area contributed by atoms with Crippen LogP contribution >= 0.6 is 0 Å². The van der Waals surface area contributed by atoms with Gasteiger partial charge < -0.3 is 19.7 Å². The van der Waals surface area contributed by atoms with Gasteiger partial charge in [-0.1, -0.05) is 31.1 Å². The molecule has 0 unspecified atom stereocenters. The van der Waals surface area contributed by atoms with Crippen LogP contribution in [-0.2, 0) is 22.6 Å². The molecule has 0 radical (unpaired) electrons. The number of rotatable bonds is 9. The van der Waals surface area contributed by atoms with E-state index in [-0.39, 0.29) is 18.2 Å². The van der Waals surface area contributed by atoms with Crippen LogP contribution in [0, 0.1) is 19.8 Å². The zero-order valence-corrected chi connectivity index (χ0v) is 16.1. The Morgan fingerprint density at radius 1 is 1.22 bits per heavy atom. The lowest BCUT2D eigenvalue weighted by molar-refractivity contribution is -0.142. The molecule has 0 fully saturated rings. The molecule has 1 atom stereocenters. The minimum Gasteiger partial charge on any atom is -0.489 e. The summed E-state index contributed by atoms with van der Waals surface area (Å²) in [6.07, 6.45) is 0.515. The number of carbonyl (C=O) groups is 2. The van der Waals surface area contributed by atoms with Crippen LogP contribution in [0.3, 0.4) is 0 Å². The lowest BCUT2D eigenvalue weighted by Crippen LogP contribution is -2.42. The summed E-state index contributed by atoms with van der Waals surface area (Å²) < 4.78 is 10.8. The minimum atomic E-state index is -1.01. The van der Waals surface area contributed by atoms with Gasteiger partial charge in [0.2, 0.25) is 5.91 Å².